The van der Waals surface area contributed by atoms with Gasteiger partial charge in [-0.1, -0.05) is 5.92 Å². The molecule has 0 bridgehead atoms. The van der Waals surface area contributed by atoms with Crippen LogP contribution in [0.25, 0.3) is 0 Å². The van der Waals surface area contributed by atoms with Crippen molar-refractivity contribution in [2.45, 2.75) is 31.4 Å². The summed E-state index contributed by atoms with van der Waals surface area (Å²) < 4.78 is 5.37. The van der Waals surface area contributed by atoms with Gasteiger partial charge in [0.05, 0.1) is 11.6 Å². The number of nitrogens with two attached hydrogens (primary N) is 1. The molecule has 4 N–H and O–H groups in total. The Bertz CT molecular complexity index is 406. The molecule has 1 aromatic rings. The van der Waals surface area contributed by atoms with Gasteiger partial charge in [0, 0.05) is 0 Å². The van der Waals surface area contributed by atoms with Gasteiger partial charge in [0.15, 0.2) is 0 Å². The second-order valence-corrected chi connectivity index (χ2v) is 4.56. The standard InChI is InChI=1S/C14H19NO3/c1-3-14(2,15)9-8-12(17)10-18-13-6-4-11(16)5-7-13/h1,4-7,12,16-17H,8-10,15H2,2H3. The number of phenols is 1. The van der Waals surface area contributed by atoms with E-state index in [1.807, 2.05) is 0 Å². The van der Waals surface area contributed by atoms with E-state index in [1.54, 1.807) is 19.1 Å². The Morgan fingerprint density at radius 2 is 2.06 bits per heavy atom. The van der Waals surface area contributed by atoms with Crippen LogP contribution in [0.2, 0.25) is 0 Å². The van der Waals surface area contributed by atoms with E-state index in [2.05, 4.69) is 5.92 Å². The number of ether oxygens (including phenoxy) is 1. The predicted octanol–water partition coefficient (Wildman–Crippen LogP) is 1.26. The molecule has 0 radical (unpaired) electrons. The van der Waals surface area contributed by atoms with Gasteiger partial charge in [-0.3, -0.25) is 0 Å². The topological polar surface area (TPSA) is 75.7 Å². The molecule has 4 nitrogen and oxygen atoms in total. The van der Waals surface area contributed by atoms with Crippen molar-refractivity contribution >= 4 is 0 Å². The minimum atomic E-state index is -0.695. The SMILES string of the molecule is C#CC(C)(N)CCC(O)COc1ccc(O)cc1. The fourth-order valence-electron chi connectivity index (χ4n) is 1.36. The first kappa shape index (κ1) is 14.4. The van der Waals surface area contributed by atoms with Gasteiger partial charge < -0.3 is 20.7 Å². The highest BCUT2D eigenvalue weighted by Crippen LogP contribution is 2.17. The first-order chi connectivity index (χ1) is 8.43. The molecule has 1 aromatic carbocycles. The summed E-state index contributed by atoms with van der Waals surface area (Å²) in [4.78, 5) is 0. The van der Waals surface area contributed by atoms with Gasteiger partial charge in [0.2, 0.25) is 0 Å². The van der Waals surface area contributed by atoms with Crippen molar-refractivity contribution in [1.82, 2.24) is 0 Å². The van der Waals surface area contributed by atoms with Crippen molar-refractivity contribution < 1.29 is 14.9 Å². The predicted molar refractivity (Wildman–Crippen MR) is 70.3 cm³/mol. The molecule has 0 fully saturated rings. The maximum atomic E-state index is 9.73. The Balaban J connectivity index is 2.31. The minimum absolute atomic E-state index is 0.172. The highest BCUT2D eigenvalue weighted by atomic mass is 16.5. The molecule has 2 unspecified atom stereocenters. The molecule has 0 aliphatic heterocycles. The van der Waals surface area contributed by atoms with Crippen LogP contribution in [0.15, 0.2) is 24.3 Å². The number of hydrogen-bond acceptors (Lipinski definition) is 4. The van der Waals surface area contributed by atoms with Crippen LogP contribution in [0.3, 0.4) is 0 Å². The molecule has 98 valence electrons. The van der Waals surface area contributed by atoms with Gasteiger partial charge in [-0.15, -0.1) is 6.42 Å². The van der Waals surface area contributed by atoms with E-state index in [1.165, 1.54) is 12.1 Å². The molecular weight excluding hydrogens is 230 g/mol. The number of benzene rings is 1. The summed E-state index contributed by atoms with van der Waals surface area (Å²) in [5.41, 5.74) is 5.08. The van der Waals surface area contributed by atoms with Crippen molar-refractivity contribution in [3.8, 4) is 23.8 Å². The number of hydrogen-bond donors (Lipinski definition) is 3. The zero-order valence-electron chi connectivity index (χ0n) is 10.5. The number of aliphatic hydroxyl groups is 1. The Labute approximate surface area is 107 Å². The zero-order valence-corrected chi connectivity index (χ0v) is 10.5. The van der Waals surface area contributed by atoms with Gasteiger partial charge in [-0.25, -0.2) is 0 Å². The molecule has 0 spiro atoms. The molecule has 0 saturated carbocycles. The van der Waals surface area contributed by atoms with Crippen molar-refractivity contribution in [2.24, 2.45) is 5.73 Å². The molecule has 0 aliphatic rings. The van der Waals surface area contributed by atoms with Gasteiger partial charge in [0.1, 0.15) is 18.1 Å². The normalized spacial score (nSPS) is 15.4. The molecule has 18 heavy (non-hydrogen) atoms. The van der Waals surface area contributed by atoms with E-state index < -0.39 is 11.6 Å². The molecule has 0 aliphatic carbocycles. The summed E-state index contributed by atoms with van der Waals surface area (Å²) in [5, 5.41) is 18.8. The lowest BCUT2D eigenvalue weighted by atomic mass is 9.96. The quantitative estimate of drug-likeness (QED) is 0.663. The van der Waals surface area contributed by atoms with Crippen molar-refractivity contribution in [2.75, 3.05) is 6.61 Å². The maximum Gasteiger partial charge on any atom is 0.119 e. The highest BCUT2D eigenvalue weighted by molar-refractivity contribution is 5.30. The summed E-state index contributed by atoms with van der Waals surface area (Å²) in [7, 11) is 0. The zero-order chi connectivity index (χ0) is 13.6. The van der Waals surface area contributed by atoms with E-state index in [9.17, 15) is 5.11 Å². The molecule has 0 aromatic heterocycles. The summed E-state index contributed by atoms with van der Waals surface area (Å²) in [6.45, 7) is 1.92. The third-order valence-electron chi connectivity index (χ3n) is 2.61. The van der Waals surface area contributed by atoms with Crippen LogP contribution >= 0.6 is 0 Å². The lowest BCUT2D eigenvalue weighted by molar-refractivity contribution is 0.0948. The largest absolute Gasteiger partial charge is 0.508 e. The van der Waals surface area contributed by atoms with Crippen LogP contribution in [0.5, 0.6) is 11.5 Å². The van der Waals surface area contributed by atoms with Gasteiger partial charge in [0.25, 0.3) is 0 Å². The first-order valence-electron chi connectivity index (χ1n) is 5.79. The van der Waals surface area contributed by atoms with Crippen molar-refractivity contribution in [3.05, 3.63) is 24.3 Å². The average Bonchev–Trinajstić information content (AvgIpc) is 2.36. The molecule has 2 atom stereocenters. The Hall–Kier alpha value is -1.70. The van der Waals surface area contributed by atoms with Crippen LogP contribution < -0.4 is 10.5 Å². The third kappa shape index (κ3) is 5.09. The van der Waals surface area contributed by atoms with E-state index in [0.717, 1.165) is 0 Å². The maximum absolute atomic E-state index is 9.73. The summed E-state index contributed by atoms with van der Waals surface area (Å²) in [6, 6.07) is 6.32. The molecule has 0 saturated heterocycles. The van der Waals surface area contributed by atoms with Gasteiger partial charge in [-0.2, -0.15) is 0 Å². The van der Waals surface area contributed by atoms with Crippen LogP contribution in [-0.4, -0.2) is 28.5 Å². The van der Waals surface area contributed by atoms with Crippen LogP contribution in [0, 0.1) is 12.3 Å². The average molecular weight is 249 g/mol. The van der Waals surface area contributed by atoms with E-state index >= 15 is 0 Å². The van der Waals surface area contributed by atoms with Gasteiger partial charge in [-0.05, 0) is 44.0 Å². The minimum Gasteiger partial charge on any atom is -0.508 e. The molecule has 0 amide bonds. The smallest absolute Gasteiger partial charge is 0.119 e. The Morgan fingerprint density at radius 1 is 1.44 bits per heavy atom. The second-order valence-electron chi connectivity index (χ2n) is 4.56. The molecule has 4 heteroatoms. The fourth-order valence-corrected chi connectivity index (χ4v) is 1.36. The number of rotatable bonds is 6. The summed E-state index contributed by atoms with van der Waals surface area (Å²) >= 11 is 0. The summed E-state index contributed by atoms with van der Waals surface area (Å²) in [5.74, 6) is 3.25. The van der Waals surface area contributed by atoms with E-state index in [4.69, 9.17) is 22.0 Å². The molecular formula is C14H19NO3. The monoisotopic (exact) mass is 249 g/mol. The lowest BCUT2D eigenvalue weighted by Crippen LogP contribution is -2.35. The van der Waals surface area contributed by atoms with E-state index in [-0.39, 0.29) is 12.4 Å². The lowest BCUT2D eigenvalue weighted by Gasteiger charge is -2.19. The van der Waals surface area contributed by atoms with Crippen molar-refractivity contribution in [3.63, 3.8) is 0 Å². The Morgan fingerprint density at radius 3 is 2.61 bits per heavy atom. The Kier molecular flexibility index (Phi) is 5.02. The number of terminal acetylenes is 1. The summed E-state index contributed by atoms with van der Waals surface area (Å²) in [6.07, 6.45) is 5.66. The molecule has 1 rings (SSSR count). The number of phenolic OH excluding ortho intramolecular Hbond substituents is 1. The fraction of sp³-hybridized carbons (Fsp3) is 0.429. The van der Waals surface area contributed by atoms with Crippen LogP contribution in [0.1, 0.15) is 19.8 Å². The second kappa shape index (κ2) is 6.29. The number of aliphatic hydroxyl groups excluding tert-OH is 1. The van der Waals surface area contributed by atoms with Crippen LogP contribution in [-0.2, 0) is 0 Å². The molecule has 0 heterocycles. The van der Waals surface area contributed by atoms with Gasteiger partial charge >= 0.3 is 0 Å². The first-order valence-corrected chi connectivity index (χ1v) is 5.79. The third-order valence-corrected chi connectivity index (χ3v) is 2.61. The van der Waals surface area contributed by atoms with E-state index in [0.29, 0.717) is 18.6 Å². The number of aromatic hydroxyl groups is 1. The van der Waals surface area contributed by atoms with Crippen molar-refractivity contribution in [1.29, 1.82) is 0 Å². The van der Waals surface area contributed by atoms with Crippen LogP contribution in [0.4, 0.5) is 0 Å². The highest BCUT2D eigenvalue weighted by Gasteiger charge is 2.17.